The maximum Gasteiger partial charge on any atom is 0.264 e. The van der Waals surface area contributed by atoms with Crippen LogP contribution in [0.3, 0.4) is 0 Å². The van der Waals surface area contributed by atoms with E-state index in [4.69, 9.17) is 4.74 Å². The average molecular weight is 500 g/mol. The van der Waals surface area contributed by atoms with Crippen molar-refractivity contribution in [2.45, 2.75) is 17.9 Å². The van der Waals surface area contributed by atoms with Crippen molar-refractivity contribution in [3.63, 3.8) is 0 Å². The molecule has 3 aromatic rings. The number of thiophene rings is 1. The summed E-state index contributed by atoms with van der Waals surface area (Å²) in [6.07, 6.45) is 0. The summed E-state index contributed by atoms with van der Waals surface area (Å²) in [4.78, 5) is 16.5. The summed E-state index contributed by atoms with van der Waals surface area (Å²) in [5.41, 5.74) is 1.03. The molecule has 4 rings (SSSR count). The molecule has 180 valence electrons. The Hall–Kier alpha value is -2.72. The molecule has 1 fully saturated rings. The number of amides is 1. The molecule has 34 heavy (non-hydrogen) atoms. The van der Waals surface area contributed by atoms with Gasteiger partial charge in [-0.25, -0.2) is 8.42 Å². The average Bonchev–Trinajstić information content (AvgIpc) is 3.40. The van der Waals surface area contributed by atoms with E-state index in [1.54, 1.807) is 54.7 Å². The molecule has 2 aromatic carbocycles. The minimum Gasteiger partial charge on any atom is -0.379 e. The van der Waals surface area contributed by atoms with Crippen LogP contribution >= 0.6 is 11.3 Å². The molecule has 2 heterocycles. The Balaban J connectivity index is 1.45. The molecule has 7 nitrogen and oxygen atoms in total. The van der Waals surface area contributed by atoms with Gasteiger partial charge in [0.1, 0.15) is 0 Å². The Bertz CT molecular complexity index is 1160. The van der Waals surface area contributed by atoms with Gasteiger partial charge in [0, 0.05) is 36.6 Å². The second kappa shape index (κ2) is 11.1. The van der Waals surface area contributed by atoms with Gasteiger partial charge in [-0.3, -0.25) is 14.0 Å². The molecule has 0 radical (unpaired) electrons. The minimum absolute atomic E-state index is 0.0801. The number of hydrogen-bond acceptors (Lipinski definition) is 6. The summed E-state index contributed by atoms with van der Waals surface area (Å²) in [6, 6.07) is 19.3. The van der Waals surface area contributed by atoms with Crippen molar-refractivity contribution in [3.05, 3.63) is 82.6 Å². The third kappa shape index (κ3) is 5.50. The number of morpholine rings is 1. The van der Waals surface area contributed by atoms with Gasteiger partial charge in [0.15, 0.2) is 0 Å². The molecular weight excluding hydrogens is 470 g/mol. The molecule has 0 unspecified atom stereocenters. The van der Waals surface area contributed by atoms with Crippen LogP contribution in [-0.4, -0.2) is 58.6 Å². The quantitative estimate of drug-likeness (QED) is 0.485. The Morgan fingerprint density at radius 2 is 1.76 bits per heavy atom. The summed E-state index contributed by atoms with van der Waals surface area (Å²) in [6.45, 7) is 5.58. The van der Waals surface area contributed by atoms with E-state index in [0.29, 0.717) is 37.6 Å². The molecule has 1 atom stereocenters. The zero-order chi connectivity index (χ0) is 24.0. The Morgan fingerprint density at radius 1 is 1.06 bits per heavy atom. The third-order valence-electron chi connectivity index (χ3n) is 5.85. The van der Waals surface area contributed by atoms with E-state index in [2.05, 4.69) is 16.3 Å². The van der Waals surface area contributed by atoms with Gasteiger partial charge in [-0.05, 0) is 54.8 Å². The predicted molar refractivity (Wildman–Crippen MR) is 135 cm³/mol. The fraction of sp³-hybridized carbons (Fsp3) is 0.320. The van der Waals surface area contributed by atoms with E-state index in [-0.39, 0.29) is 16.8 Å². The minimum atomic E-state index is -3.73. The first-order valence-corrected chi connectivity index (χ1v) is 13.6. The first kappa shape index (κ1) is 24.4. The SMILES string of the molecule is CCN(c1ccccc1)S(=O)(=O)c1ccc(C(=O)NC[C@H](c2cccs2)N2CCOCC2)cc1. The molecule has 1 saturated heterocycles. The summed E-state index contributed by atoms with van der Waals surface area (Å²) in [7, 11) is -3.73. The van der Waals surface area contributed by atoms with Crippen molar-refractivity contribution in [2.75, 3.05) is 43.7 Å². The van der Waals surface area contributed by atoms with Crippen LogP contribution in [0.2, 0.25) is 0 Å². The molecule has 1 aliphatic heterocycles. The van der Waals surface area contributed by atoms with Crippen molar-refractivity contribution < 1.29 is 17.9 Å². The largest absolute Gasteiger partial charge is 0.379 e. The van der Waals surface area contributed by atoms with E-state index < -0.39 is 10.0 Å². The van der Waals surface area contributed by atoms with Crippen LogP contribution in [0.5, 0.6) is 0 Å². The first-order valence-electron chi connectivity index (χ1n) is 11.3. The number of anilines is 1. The zero-order valence-electron chi connectivity index (χ0n) is 19.1. The fourth-order valence-corrected chi connectivity index (χ4v) is 6.40. The van der Waals surface area contributed by atoms with Gasteiger partial charge in [0.25, 0.3) is 15.9 Å². The number of nitrogens with zero attached hydrogens (tertiary/aromatic N) is 2. The molecule has 1 aliphatic rings. The summed E-state index contributed by atoms with van der Waals surface area (Å²) in [5.74, 6) is -0.228. The Morgan fingerprint density at radius 3 is 2.38 bits per heavy atom. The third-order valence-corrected chi connectivity index (χ3v) is 8.74. The van der Waals surface area contributed by atoms with Crippen molar-refractivity contribution in [1.29, 1.82) is 0 Å². The smallest absolute Gasteiger partial charge is 0.264 e. The molecule has 1 amide bonds. The molecule has 0 aliphatic carbocycles. The molecular formula is C25H29N3O4S2. The molecule has 1 aromatic heterocycles. The van der Waals surface area contributed by atoms with Crippen LogP contribution in [0.15, 0.2) is 77.0 Å². The summed E-state index contributed by atoms with van der Waals surface area (Å²) >= 11 is 1.67. The molecule has 0 saturated carbocycles. The van der Waals surface area contributed by atoms with E-state index in [1.807, 2.05) is 17.5 Å². The number of ether oxygens (including phenoxy) is 1. The van der Waals surface area contributed by atoms with Gasteiger partial charge in [0.2, 0.25) is 0 Å². The van der Waals surface area contributed by atoms with E-state index in [1.165, 1.54) is 21.3 Å². The van der Waals surface area contributed by atoms with E-state index >= 15 is 0 Å². The lowest BCUT2D eigenvalue weighted by Crippen LogP contribution is -2.43. The lowest BCUT2D eigenvalue weighted by Gasteiger charge is -2.34. The standard InChI is InChI=1S/C25H29N3O4S2/c1-2-28(21-7-4-3-5-8-21)34(30,31)22-12-10-20(11-13-22)25(29)26-19-23(24-9-6-18-33-24)27-14-16-32-17-15-27/h3-13,18,23H,2,14-17,19H2,1H3,(H,26,29)/t23-/m1/s1. The van der Waals surface area contributed by atoms with Crippen molar-refractivity contribution in [2.24, 2.45) is 0 Å². The van der Waals surface area contributed by atoms with Crippen LogP contribution in [-0.2, 0) is 14.8 Å². The number of para-hydroxylation sites is 1. The van der Waals surface area contributed by atoms with Crippen molar-refractivity contribution >= 4 is 33.0 Å². The Labute approximate surface area is 205 Å². The second-order valence-corrected chi connectivity index (χ2v) is 10.8. The van der Waals surface area contributed by atoms with Gasteiger partial charge in [-0.2, -0.15) is 0 Å². The van der Waals surface area contributed by atoms with Crippen LogP contribution in [0, 0.1) is 0 Å². The van der Waals surface area contributed by atoms with E-state index in [0.717, 1.165) is 13.1 Å². The molecule has 1 N–H and O–H groups in total. The maximum atomic E-state index is 13.2. The van der Waals surface area contributed by atoms with Gasteiger partial charge in [-0.15, -0.1) is 11.3 Å². The number of hydrogen-bond donors (Lipinski definition) is 1. The highest BCUT2D eigenvalue weighted by atomic mass is 32.2. The van der Waals surface area contributed by atoms with Crippen LogP contribution in [0.25, 0.3) is 0 Å². The van der Waals surface area contributed by atoms with Crippen LogP contribution < -0.4 is 9.62 Å². The lowest BCUT2D eigenvalue weighted by molar-refractivity contribution is 0.0169. The number of carbonyl (C=O) groups is 1. The summed E-state index contributed by atoms with van der Waals surface area (Å²) in [5, 5.41) is 5.07. The van der Waals surface area contributed by atoms with Gasteiger partial charge >= 0.3 is 0 Å². The molecule has 0 bridgehead atoms. The Kier molecular flexibility index (Phi) is 7.99. The number of sulfonamides is 1. The highest BCUT2D eigenvalue weighted by molar-refractivity contribution is 7.92. The highest BCUT2D eigenvalue weighted by Gasteiger charge is 2.25. The van der Waals surface area contributed by atoms with Crippen molar-refractivity contribution in [1.82, 2.24) is 10.2 Å². The maximum absolute atomic E-state index is 13.2. The second-order valence-electron chi connectivity index (χ2n) is 7.92. The molecule has 0 spiro atoms. The number of nitrogens with one attached hydrogen (secondary N) is 1. The zero-order valence-corrected chi connectivity index (χ0v) is 20.7. The van der Waals surface area contributed by atoms with Gasteiger partial charge < -0.3 is 10.1 Å². The number of benzene rings is 2. The first-order chi connectivity index (χ1) is 16.5. The summed E-state index contributed by atoms with van der Waals surface area (Å²) < 4.78 is 33.2. The number of carbonyl (C=O) groups excluding carboxylic acids is 1. The molecule has 9 heteroatoms. The number of rotatable bonds is 9. The predicted octanol–water partition coefficient (Wildman–Crippen LogP) is 3.77. The van der Waals surface area contributed by atoms with Crippen molar-refractivity contribution in [3.8, 4) is 0 Å². The monoisotopic (exact) mass is 499 g/mol. The normalized spacial score (nSPS) is 15.6. The fourth-order valence-electron chi connectivity index (χ4n) is 4.06. The lowest BCUT2D eigenvalue weighted by atomic mass is 10.1. The van der Waals surface area contributed by atoms with Crippen LogP contribution in [0.1, 0.15) is 28.2 Å². The van der Waals surface area contributed by atoms with Gasteiger partial charge in [-0.1, -0.05) is 24.3 Å². The van der Waals surface area contributed by atoms with Gasteiger partial charge in [0.05, 0.1) is 29.8 Å². The van der Waals surface area contributed by atoms with Crippen LogP contribution in [0.4, 0.5) is 5.69 Å². The highest BCUT2D eigenvalue weighted by Crippen LogP contribution is 2.26. The topological polar surface area (TPSA) is 79.0 Å². The van der Waals surface area contributed by atoms with E-state index in [9.17, 15) is 13.2 Å².